The molecule has 2 aromatic carbocycles. The summed E-state index contributed by atoms with van der Waals surface area (Å²) >= 11 is 0. The summed E-state index contributed by atoms with van der Waals surface area (Å²) in [5.41, 5.74) is 2.01. The van der Waals surface area contributed by atoms with E-state index in [4.69, 9.17) is 0 Å². The fraction of sp³-hybridized carbons (Fsp3) is 0.400. The van der Waals surface area contributed by atoms with E-state index >= 15 is 0 Å². The molecule has 7 nitrogen and oxygen atoms in total. The van der Waals surface area contributed by atoms with Crippen molar-refractivity contribution in [1.29, 1.82) is 0 Å². The maximum atomic E-state index is 13.7. The van der Waals surface area contributed by atoms with Crippen molar-refractivity contribution in [3.8, 4) is 0 Å². The van der Waals surface area contributed by atoms with Crippen molar-refractivity contribution in [3.05, 3.63) is 60.2 Å². The third-order valence-corrected chi connectivity index (χ3v) is 6.46. The molecule has 3 amide bonds. The molecule has 2 aliphatic heterocycles. The van der Waals surface area contributed by atoms with Crippen molar-refractivity contribution in [2.75, 3.05) is 36.5 Å². The monoisotopic (exact) mass is 434 g/mol. The third kappa shape index (κ3) is 4.20. The van der Waals surface area contributed by atoms with Crippen LogP contribution in [-0.4, -0.2) is 59.4 Å². The van der Waals surface area contributed by atoms with Crippen molar-refractivity contribution >= 4 is 29.1 Å². The van der Waals surface area contributed by atoms with Gasteiger partial charge in [0.2, 0.25) is 11.8 Å². The van der Waals surface area contributed by atoms with Gasteiger partial charge in [-0.05, 0) is 49.6 Å². The van der Waals surface area contributed by atoms with Crippen molar-refractivity contribution in [3.63, 3.8) is 0 Å². The second-order valence-corrected chi connectivity index (χ2v) is 8.59. The molecule has 1 spiro atoms. The van der Waals surface area contributed by atoms with Crippen molar-refractivity contribution < 1.29 is 14.4 Å². The van der Waals surface area contributed by atoms with E-state index in [2.05, 4.69) is 10.2 Å². The summed E-state index contributed by atoms with van der Waals surface area (Å²) in [4.78, 5) is 44.2. The first kappa shape index (κ1) is 21.9. The molecule has 2 fully saturated rings. The van der Waals surface area contributed by atoms with Gasteiger partial charge in [0.15, 0.2) is 0 Å². The minimum atomic E-state index is -0.727. The summed E-state index contributed by atoms with van der Waals surface area (Å²) in [7, 11) is 0. The van der Waals surface area contributed by atoms with Gasteiger partial charge in [0.25, 0.3) is 5.91 Å². The predicted molar refractivity (Wildman–Crippen MR) is 124 cm³/mol. The minimum Gasteiger partial charge on any atom is -0.343 e. The highest BCUT2D eigenvalue weighted by Gasteiger charge is 2.54. The van der Waals surface area contributed by atoms with Gasteiger partial charge in [-0.2, -0.15) is 0 Å². The molecule has 0 bridgehead atoms. The Morgan fingerprint density at radius 3 is 2.41 bits per heavy atom. The molecule has 32 heavy (non-hydrogen) atoms. The Morgan fingerprint density at radius 1 is 1.03 bits per heavy atom. The Kier molecular flexibility index (Phi) is 6.17. The van der Waals surface area contributed by atoms with Crippen LogP contribution in [0.3, 0.4) is 0 Å². The molecule has 2 saturated heterocycles. The van der Waals surface area contributed by atoms with Crippen LogP contribution in [0.15, 0.2) is 54.6 Å². The summed E-state index contributed by atoms with van der Waals surface area (Å²) in [5.74, 6) is -0.136. The standard InChI is InChI=1S/C25H30N4O3/c1-3-23(31)27-14-12-25(13-15-27)24(32)28(18-29(25)21-10-5-4-6-11-21)17-22(30)26-20-9-7-8-19(2)16-20/h4-11,16H,3,12-15,17-18H2,1-2H3,(H,26,30). The minimum absolute atomic E-state index is 0.00450. The molecule has 0 radical (unpaired) electrons. The Labute approximate surface area is 189 Å². The van der Waals surface area contributed by atoms with Crippen LogP contribution in [0.4, 0.5) is 11.4 Å². The fourth-order valence-electron chi connectivity index (χ4n) is 4.77. The zero-order chi connectivity index (χ0) is 22.7. The largest absolute Gasteiger partial charge is 0.343 e. The van der Waals surface area contributed by atoms with Crippen LogP contribution in [0.1, 0.15) is 31.7 Å². The van der Waals surface area contributed by atoms with E-state index in [0.29, 0.717) is 39.0 Å². The molecule has 0 unspecified atom stereocenters. The van der Waals surface area contributed by atoms with Gasteiger partial charge in [-0.1, -0.05) is 37.3 Å². The smallest absolute Gasteiger partial charge is 0.250 e. The molecule has 7 heteroatoms. The predicted octanol–water partition coefficient (Wildman–Crippen LogP) is 3.01. The van der Waals surface area contributed by atoms with Crippen molar-refractivity contribution in [2.24, 2.45) is 0 Å². The molecular weight excluding hydrogens is 404 g/mol. The molecule has 2 aliphatic rings. The number of piperidine rings is 1. The molecule has 0 atom stereocenters. The van der Waals surface area contributed by atoms with Gasteiger partial charge in [0.05, 0.1) is 6.67 Å². The quantitative estimate of drug-likeness (QED) is 0.785. The molecule has 2 heterocycles. The lowest BCUT2D eigenvalue weighted by molar-refractivity contribution is -0.139. The van der Waals surface area contributed by atoms with Gasteiger partial charge in [-0.25, -0.2) is 0 Å². The number of likely N-dealkylation sites (tertiary alicyclic amines) is 1. The summed E-state index contributed by atoms with van der Waals surface area (Å²) in [6.45, 7) is 5.27. The summed E-state index contributed by atoms with van der Waals surface area (Å²) in [6, 6.07) is 17.5. The molecule has 1 N–H and O–H groups in total. The van der Waals surface area contributed by atoms with E-state index < -0.39 is 5.54 Å². The zero-order valence-electron chi connectivity index (χ0n) is 18.7. The van der Waals surface area contributed by atoms with Crippen LogP contribution in [-0.2, 0) is 14.4 Å². The molecule has 0 saturated carbocycles. The number of rotatable bonds is 5. The van der Waals surface area contributed by atoms with Crippen molar-refractivity contribution in [1.82, 2.24) is 9.80 Å². The number of amides is 3. The molecule has 0 aromatic heterocycles. The topological polar surface area (TPSA) is 73.0 Å². The number of carbonyl (C=O) groups excluding carboxylic acids is 3. The Hall–Kier alpha value is -3.35. The average Bonchev–Trinajstić information content (AvgIpc) is 3.05. The fourth-order valence-corrected chi connectivity index (χ4v) is 4.77. The highest BCUT2D eigenvalue weighted by atomic mass is 16.2. The van der Waals surface area contributed by atoms with E-state index in [1.54, 1.807) is 4.90 Å². The lowest BCUT2D eigenvalue weighted by atomic mass is 9.85. The average molecular weight is 435 g/mol. The van der Waals surface area contributed by atoms with Gasteiger partial charge < -0.3 is 20.0 Å². The van der Waals surface area contributed by atoms with Crippen LogP contribution in [0.5, 0.6) is 0 Å². The van der Waals surface area contributed by atoms with Crippen LogP contribution < -0.4 is 10.2 Å². The van der Waals surface area contributed by atoms with E-state index in [1.165, 1.54) is 0 Å². The van der Waals surface area contributed by atoms with Gasteiger partial charge in [-0.15, -0.1) is 0 Å². The van der Waals surface area contributed by atoms with Gasteiger partial charge in [0.1, 0.15) is 12.1 Å². The second kappa shape index (κ2) is 9.02. The Morgan fingerprint density at radius 2 is 1.75 bits per heavy atom. The maximum absolute atomic E-state index is 13.7. The van der Waals surface area contributed by atoms with Gasteiger partial charge in [-0.3, -0.25) is 14.4 Å². The zero-order valence-corrected chi connectivity index (χ0v) is 18.7. The number of benzene rings is 2. The van der Waals surface area contributed by atoms with E-state index in [0.717, 1.165) is 16.9 Å². The third-order valence-electron chi connectivity index (χ3n) is 6.46. The van der Waals surface area contributed by atoms with Crippen LogP contribution in [0, 0.1) is 6.92 Å². The first-order valence-electron chi connectivity index (χ1n) is 11.2. The Balaban J connectivity index is 1.53. The molecule has 2 aromatic rings. The normalized spacial score (nSPS) is 17.7. The number of anilines is 2. The number of hydrogen-bond donors (Lipinski definition) is 1. The SMILES string of the molecule is CCC(=O)N1CCC2(CC1)C(=O)N(CC(=O)Nc1cccc(C)c1)CN2c1ccccc1. The Bertz CT molecular complexity index is 999. The van der Waals surface area contributed by atoms with Gasteiger partial charge in [0, 0.05) is 30.9 Å². The number of para-hydroxylation sites is 1. The summed E-state index contributed by atoms with van der Waals surface area (Å²) in [6.07, 6.45) is 1.58. The highest BCUT2D eigenvalue weighted by Crippen LogP contribution is 2.39. The molecule has 4 rings (SSSR count). The van der Waals surface area contributed by atoms with Gasteiger partial charge >= 0.3 is 0 Å². The summed E-state index contributed by atoms with van der Waals surface area (Å²) in [5, 5.41) is 2.90. The first-order chi connectivity index (χ1) is 15.4. The number of carbonyl (C=O) groups is 3. The van der Waals surface area contributed by atoms with E-state index in [9.17, 15) is 14.4 Å². The first-order valence-corrected chi connectivity index (χ1v) is 11.2. The van der Waals surface area contributed by atoms with E-state index in [-0.39, 0.29) is 24.3 Å². The highest BCUT2D eigenvalue weighted by molar-refractivity contribution is 5.99. The molecule has 0 aliphatic carbocycles. The van der Waals surface area contributed by atoms with Crippen molar-refractivity contribution in [2.45, 2.75) is 38.6 Å². The maximum Gasteiger partial charge on any atom is 0.250 e. The van der Waals surface area contributed by atoms with E-state index in [1.807, 2.05) is 73.3 Å². The number of nitrogens with zero attached hydrogens (tertiary/aromatic N) is 3. The van der Waals surface area contributed by atoms with Crippen LogP contribution >= 0.6 is 0 Å². The molecular formula is C25H30N4O3. The number of hydrogen-bond acceptors (Lipinski definition) is 4. The molecule has 168 valence electrons. The summed E-state index contributed by atoms with van der Waals surface area (Å²) < 4.78 is 0. The lowest BCUT2D eigenvalue weighted by Crippen LogP contribution is -2.57. The lowest BCUT2D eigenvalue weighted by Gasteiger charge is -2.43. The number of aryl methyl sites for hydroxylation is 1. The van der Waals surface area contributed by atoms with Crippen LogP contribution in [0.25, 0.3) is 0 Å². The number of nitrogens with one attached hydrogen (secondary N) is 1. The van der Waals surface area contributed by atoms with Crippen LogP contribution in [0.2, 0.25) is 0 Å². The second-order valence-electron chi connectivity index (χ2n) is 8.59.